The highest BCUT2D eigenvalue weighted by Gasteiger charge is 2.30. The van der Waals surface area contributed by atoms with Crippen molar-refractivity contribution in [1.82, 2.24) is 39.0 Å². The van der Waals surface area contributed by atoms with Crippen molar-refractivity contribution in [3.8, 4) is 23.1 Å². The molecule has 1 aliphatic heterocycles. The van der Waals surface area contributed by atoms with Crippen molar-refractivity contribution in [3.63, 3.8) is 0 Å². The molecule has 0 fully saturated rings. The van der Waals surface area contributed by atoms with E-state index in [0.717, 1.165) is 0 Å². The Morgan fingerprint density at radius 3 is 2.72 bits per heavy atom. The Kier molecular flexibility index (Phi) is 4.50. The van der Waals surface area contributed by atoms with Crippen molar-refractivity contribution in [2.45, 2.75) is 12.5 Å². The summed E-state index contributed by atoms with van der Waals surface area (Å²) in [4.78, 5) is 26.7. The standard InChI is InChI=1S/C25H16F2N8O/c26-15-4-5-18-21(8-15)34(13-31-18)25-30-11-19-24(33-25)35(23(32-19)14-9-28-12-29-10-14)20-6-7-36-22-16(20)2-1-3-17(22)27/h1-5,8-13,20H,6-7H2/t20-/m1/s1. The van der Waals surface area contributed by atoms with Gasteiger partial charge in [-0.3, -0.25) is 4.57 Å². The quantitative estimate of drug-likeness (QED) is 0.372. The molecule has 1 atom stereocenters. The number of para-hydroxylation sites is 1. The Morgan fingerprint density at radius 2 is 1.83 bits per heavy atom. The van der Waals surface area contributed by atoms with Gasteiger partial charge < -0.3 is 9.30 Å². The van der Waals surface area contributed by atoms with Crippen LogP contribution in [0.4, 0.5) is 8.78 Å². The lowest BCUT2D eigenvalue weighted by atomic mass is 9.99. The number of benzene rings is 2. The smallest absolute Gasteiger partial charge is 0.237 e. The van der Waals surface area contributed by atoms with Gasteiger partial charge in [0.05, 0.1) is 35.4 Å². The minimum absolute atomic E-state index is 0.219. The molecular weight excluding hydrogens is 466 g/mol. The maximum atomic E-state index is 14.6. The molecule has 1 aliphatic rings. The highest BCUT2D eigenvalue weighted by molar-refractivity contribution is 5.79. The van der Waals surface area contributed by atoms with Crippen molar-refractivity contribution < 1.29 is 13.5 Å². The fourth-order valence-corrected chi connectivity index (χ4v) is 4.69. The lowest BCUT2D eigenvalue weighted by Gasteiger charge is -2.28. The number of aromatic nitrogens is 8. The average Bonchev–Trinajstić information content (AvgIpc) is 3.50. The summed E-state index contributed by atoms with van der Waals surface area (Å²) in [5.74, 6) is 0.284. The summed E-state index contributed by atoms with van der Waals surface area (Å²) >= 11 is 0. The van der Waals surface area contributed by atoms with Crippen LogP contribution in [0.5, 0.6) is 5.75 Å². The van der Waals surface area contributed by atoms with E-state index in [1.165, 1.54) is 24.5 Å². The van der Waals surface area contributed by atoms with Crippen LogP contribution in [-0.4, -0.2) is 45.6 Å². The van der Waals surface area contributed by atoms with Gasteiger partial charge in [-0.2, -0.15) is 4.98 Å². The van der Waals surface area contributed by atoms with Gasteiger partial charge in [0.2, 0.25) is 5.95 Å². The van der Waals surface area contributed by atoms with Crippen LogP contribution in [0, 0.1) is 11.6 Å². The molecule has 0 saturated heterocycles. The third kappa shape index (κ3) is 3.13. The Morgan fingerprint density at radius 1 is 0.944 bits per heavy atom. The molecule has 7 rings (SSSR count). The molecule has 0 aliphatic carbocycles. The number of hydrogen-bond donors (Lipinski definition) is 0. The molecule has 0 spiro atoms. The van der Waals surface area contributed by atoms with E-state index in [2.05, 4.69) is 19.9 Å². The number of hydrogen-bond acceptors (Lipinski definition) is 7. The predicted molar refractivity (Wildman–Crippen MR) is 126 cm³/mol. The molecule has 11 heteroatoms. The van der Waals surface area contributed by atoms with Gasteiger partial charge in [-0.05, 0) is 18.2 Å². The lowest BCUT2D eigenvalue weighted by molar-refractivity contribution is 0.246. The van der Waals surface area contributed by atoms with Crippen LogP contribution in [0.3, 0.4) is 0 Å². The number of ether oxygens (including phenoxy) is 1. The second-order valence-electron chi connectivity index (χ2n) is 8.37. The van der Waals surface area contributed by atoms with Crippen LogP contribution in [0.2, 0.25) is 0 Å². The molecule has 0 saturated carbocycles. The van der Waals surface area contributed by atoms with Crippen LogP contribution >= 0.6 is 0 Å². The average molecular weight is 482 g/mol. The van der Waals surface area contributed by atoms with Crippen molar-refractivity contribution in [1.29, 1.82) is 0 Å². The maximum Gasteiger partial charge on any atom is 0.237 e. The molecule has 0 bridgehead atoms. The van der Waals surface area contributed by atoms with Gasteiger partial charge in [-0.25, -0.2) is 33.7 Å². The number of imidazole rings is 2. The maximum absolute atomic E-state index is 14.6. The van der Waals surface area contributed by atoms with Gasteiger partial charge in [0.1, 0.15) is 29.8 Å². The number of nitrogens with zero attached hydrogens (tertiary/aromatic N) is 8. The topological polar surface area (TPSA) is 96.4 Å². The Bertz CT molecular complexity index is 1770. The van der Waals surface area contributed by atoms with E-state index in [1.807, 2.05) is 10.6 Å². The van der Waals surface area contributed by atoms with Crippen molar-refractivity contribution in [3.05, 3.63) is 84.8 Å². The van der Waals surface area contributed by atoms with E-state index in [-0.39, 0.29) is 17.6 Å². The molecule has 0 unspecified atom stereocenters. The zero-order valence-corrected chi connectivity index (χ0v) is 18.6. The highest BCUT2D eigenvalue weighted by atomic mass is 19.1. The molecule has 36 heavy (non-hydrogen) atoms. The van der Waals surface area contributed by atoms with Crippen LogP contribution in [-0.2, 0) is 0 Å². The Hall–Kier alpha value is -4.80. The van der Waals surface area contributed by atoms with E-state index in [1.54, 1.807) is 41.6 Å². The molecule has 0 radical (unpaired) electrons. The Labute approximate surface area is 202 Å². The summed E-state index contributed by atoms with van der Waals surface area (Å²) in [6, 6.07) is 8.91. The van der Waals surface area contributed by atoms with Crippen LogP contribution in [0.15, 0.2) is 67.6 Å². The molecule has 2 aromatic carbocycles. The lowest BCUT2D eigenvalue weighted by Crippen LogP contribution is -2.22. The van der Waals surface area contributed by atoms with Crippen LogP contribution in [0.25, 0.3) is 39.5 Å². The summed E-state index contributed by atoms with van der Waals surface area (Å²) in [5, 5.41) is 0. The van der Waals surface area contributed by atoms with Gasteiger partial charge in [-0.1, -0.05) is 12.1 Å². The van der Waals surface area contributed by atoms with E-state index >= 15 is 0 Å². The third-order valence-electron chi connectivity index (χ3n) is 6.27. The van der Waals surface area contributed by atoms with E-state index in [4.69, 9.17) is 14.7 Å². The second kappa shape index (κ2) is 7.87. The second-order valence-corrected chi connectivity index (χ2v) is 8.37. The normalized spacial score (nSPS) is 15.2. The summed E-state index contributed by atoms with van der Waals surface area (Å²) in [5.41, 5.74) is 3.59. The van der Waals surface area contributed by atoms with Crippen LogP contribution < -0.4 is 4.74 Å². The van der Waals surface area contributed by atoms with Crippen molar-refractivity contribution in [2.75, 3.05) is 6.61 Å². The minimum Gasteiger partial charge on any atom is -0.490 e. The number of rotatable bonds is 3. The fourth-order valence-electron chi connectivity index (χ4n) is 4.69. The fraction of sp³-hybridized carbons (Fsp3) is 0.120. The molecule has 4 aromatic heterocycles. The monoisotopic (exact) mass is 482 g/mol. The summed E-state index contributed by atoms with van der Waals surface area (Å²) in [7, 11) is 0. The van der Waals surface area contributed by atoms with E-state index in [9.17, 15) is 8.78 Å². The first-order valence-corrected chi connectivity index (χ1v) is 11.2. The van der Waals surface area contributed by atoms with Crippen LogP contribution in [0.1, 0.15) is 18.0 Å². The van der Waals surface area contributed by atoms with Gasteiger partial charge in [0.15, 0.2) is 17.2 Å². The van der Waals surface area contributed by atoms with Gasteiger partial charge in [0, 0.05) is 30.4 Å². The number of fused-ring (bicyclic) bond motifs is 3. The zero-order valence-electron chi connectivity index (χ0n) is 18.6. The zero-order chi connectivity index (χ0) is 24.2. The minimum atomic E-state index is -0.423. The largest absolute Gasteiger partial charge is 0.490 e. The predicted octanol–water partition coefficient (Wildman–Crippen LogP) is 4.27. The van der Waals surface area contributed by atoms with Crippen molar-refractivity contribution >= 4 is 22.2 Å². The van der Waals surface area contributed by atoms with E-state index < -0.39 is 5.82 Å². The summed E-state index contributed by atoms with van der Waals surface area (Å²) in [6.45, 7) is 0.326. The number of halogens is 2. The molecule has 0 amide bonds. The summed E-state index contributed by atoms with van der Waals surface area (Å²) < 4.78 is 37.8. The molecule has 6 aromatic rings. The molecule has 0 N–H and O–H groups in total. The van der Waals surface area contributed by atoms with Gasteiger partial charge >= 0.3 is 0 Å². The SMILES string of the molecule is Fc1ccc2ncn(-c3ncc4nc(-c5cncnc5)n([C@@H]5CCOc6c(F)cccc65)c4n3)c2c1. The van der Waals surface area contributed by atoms with Gasteiger partial charge in [-0.15, -0.1) is 0 Å². The summed E-state index contributed by atoms with van der Waals surface area (Å²) in [6.07, 6.45) is 8.50. The van der Waals surface area contributed by atoms with Crippen molar-refractivity contribution in [2.24, 2.45) is 0 Å². The molecule has 176 valence electrons. The first-order chi connectivity index (χ1) is 17.7. The molecule has 9 nitrogen and oxygen atoms in total. The van der Waals surface area contributed by atoms with E-state index in [0.29, 0.717) is 58.1 Å². The first-order valence-electron chi connectivity index (χ1n) is 11.2. The highest BCUT2D eigenvalue weighted by Crippen LogP contribution is 2.40. The first kappa shape index (κ1) is 20.6. The third-order valence-corrected chi connectivity index (χ3v) is 6.27. The van der Waals surface area contributed by atoms with Gasteiger partial charge in [0.25, 0.3) is 0 Å². The molecular formula is C25H16F2N8O. The Balaban J connectivity index is 1.49. The molecule has 5 heterocycles.